The molecule has 0 amide bonds. The van der Waals surface area contributed by atoms with Gasteiger partial charge >= 0.3 is 0 Å². The van der Waals surface area contributed by atoms with Crippen molar-refractivity contribution in [3.63, 3.8) is 0 Å². The van der Waals surface area contributed by atoms with Crippen LogP contribution in [0.2, 0.25) is 0 Å². The highest BCUT2D eigenvalue weighted by atomic mass is 79.9. The zero-order valence-corrected chi connectivity index (χ0v) is 11.1. The van der Waals surface area contributed by atoms with E-state index in [0.717, 1.165) is 6.42 Å². The van der Waals surface area contributed by atoms with Gasteiger partial charge in [0, 0.05) is 5.54 Å². The summed E-state index contributed by atoms with van der Waals surface area (Å²) in [7, 11) is 3.57. The summed E-state index contributed by atoms with van der Waals surface area (Å²) in [5.74, 6) is 0.692. The number of ether oxygens (including phenoxy) is 1. The monoisotopic (exact) mass is 285 g/mol. The number of nitrogens with one attached hydrogen (secondary N) is 1. The Balaban J connectivity index is 2.25. The smallest absolute Gasteiger partial charge is 0.172 e. The minimum absolute atomic E-state index is 0.167. The Bertz CT molecular complexity index is 402. The van der Waals surface area contributed by atoms with Crippen molar-refractivity contribution in [1.29, 1.82) is 0 Å². The van der Waals surface area contributed by atoms with Gasteiger partial charge in [-0.2, -0.15) is 0 Å². The molecule has 2 N–H and O–H groups in total. The Morgan fingerprint density at radius 3 is 2.69 bits per heavy atom. The minimum Gasteiger partial charge on any atom is -0.503 e. The second kappa shape index (κ2) is 4.26. The highest BCUT2D eigenvalue weighted by molar-refractivity contribution is 9.10. The molecule has 1 aliphatic carbocycles. The molecule has 0 atom stereocenters. The molecule has 16 heavy (non-hydrogen) atoms. The van der Waals surface area contributed by atoms with E-state index in [-0.39, 0.29) is 11.3 Å². The molecule has 0 spiro atoms. The van der Waals surface area contributed by atoms with Crippen molar-refractivity contribution in [2.24, 2.45) is 0 Å². The van der Waals surface area contributed by atoms with Gasteiger partial charge in [-0.05, 0) is 59.9 Å². The molecule has 1 aromatic carbocycles. The Kier molecular flexibility index (Phi) is 3.13. The predicted molar refractivity (Wildman–Crippen MR) is 67.1 cm³/mol. The molecule has 1 fully saturated rings. The van der Waals surface area contributed by atoms with E-state index in [1.165, 1.54) is 18.4 Å². The first-order chi connectivity index (χ1) is 7.60. The van der Waals surface area contributed by atoms with Gasteiger partial charge in [0.15, 0.2) is 11.5 Å². The van der Waals surface area contributed by atoms with Gasteiger partial charge in [0.05, 0.1) is 11.6 Å². The number of halogens is 1. The highest BCUT2D eigenvalue weighted by Crippen LogP contribution is 2.41. The molecule has 1 aliphatic rings. The van der Waals surface area contributed by atoms with Crippen LogP contribution in [0.25, 0.3) is 0 Å². The number of aromatic hydroxyl groups is 1. The molecule has 2 rings (SSSR count). The predicted octanol–water partition coefficient (Wildman–Crippen LogP) is 2.46. The number of benzene rings is 1. The fourth-order valence-corrected chi connectivity index (χ4v) is 2.43. The van der Waals surface area contributed by atoms with Gasteiger partial charge in [0.2, 0.25) is 0 Å². The third-order valence-electron chi connectivity index (χ3n) is 3.23. The SMILES string of the molecule is CNC1(Cc2cc(Br)c(O)c(OC)c2)CC1. The fourth-order valence-electron chi connectivity index (χ4n) is 1.94. The summed E-state index contributed by atoms with van der Waals surface area (Å²) in [5.41, 5.74) is 1.44. The minimum atomic E-state index is 0.167. The summed E-state index contributed by atoms with van der Waals surface area (Å²) < 4.78 is 5.82. The number of likely N-dealkylation sites (N-methyl/N-ethyl adjacent to an activating group) is 1. The molecule has 3 nitrogen and oxygen atoms in total. The lowest BCUT2D eigenvalue weighted by Gasteiger charge is -2.15. The Labute approximate surface area is 104 Å². The van der Waals surface area contributed by atoms with Crippen LogP contribution >= 0.6 is 15.9 Å². The number of hydrogen-bond donors (Lipinski definition) is 2. The maximum absolute atomic E-state index is 9.71. The third-order valence-corrected chi connectivity index (χ3v) is 3.84. The standard InChI is InChI=1S/C12H16BrNO2/c1-14-12(3-4-12)7-8-5-9(13)11(15)10(6-8)16-2/h5-6,14-15H,3-4,7H2,1-2H3. The van der Waals surface area contributed by atoms with E-state index in [2.05, 4.69) is 21.2 Å². The van der Waals surface area contributed by atoms with Crippen molar-refractivity contribution in [3.8, 4) is 11.5 Å². The van der Waals surface area contributed by atoms with Gasteiger partial charge in [0.25, 0.3) is 0 Å². The maximum Gasteiger partial charge on any atom is 0.172 e. The second-order valence-electron chi connectivity index (χ2n) is 4.34. The summed E-state index contributed by atoms with van der Waals surface area (Å²) in [6.45, 7) is 0. The van der Waals surface area contributed by atoms with Gasteiger partial charge in [-0.15, -0.1) is 0 Å². The van der Waals surface area contributed by atoms with Crippen LogP contribution in [0.4, 0.5) is 0 Å². The first kappa shape index (κ1) is 11.7. The molecule has 1 aromatic rings. The Hall–Kier alpha value is -0.740. The largest absolute Gasteiger partial charge is 0.503 e. The zero-order chi connectivity index (χ0) is 11.8. The van der Waals surface area contributed by atoms with Crippen molar-refractivity contribution in [2.75, 3.05) is 14.2 Å². The summed E-state index contributed by atoms with van der Waals surface area (Å²) in [4.78, 5) is 0. The molecule has 0 aliphatic heterocycles. The number of phenols is 1. The number of rotatable bonds is 4. The van der Waals surface area contributed by atoms with Crippen LogP contribution in [-0.4, -0.2) is 24.8 Å². The molecule has 0 saturated heterocycles. The van der Waals surface area contributed by atoms with Crippen LogP contribution in [0, 0.1) is 0 Å². The fraction of sp³-hybridized carbons (Fsp3) is 0.500. The normalized spacial score (nSPS) is 17.2. The van der Waals surface area contributed by atoms with Gasteiger partial charge in [-0.1, -0.05) is 0 Å². The van der Waals surface area contributed by atoms with Crippen molar-refractivity contribution < 1.29 is 9.84 Å². The van der Waals surface area contributed by atoms with Crippen molar-refractivity contribution in [3.05, 3.63) is 22.2 Å². The van der Waals surface area contributed by atoms with Crippen LogP contribution in [-0.2, 0) is 6.42 Å². The molecule has 4 heteroatoms. The molecule has 0 aromatic heterocycles. The molecule has 0 unspecified atom stereocenters. The number of methoxy groups -OCH3 is 1. The molecule has 0 radical (unpaired) electrons. The third kappa shape index (κ3) is 2.18. The average molecular weight is 286 g/mol. The van der Waals surface area contributed by atoms with E-state index in [9.17, 15) is 5.11 Å². The van der Waals surface area contributed by atoms with E-state index in [1.54, 1.807) is 7.11 Å². The molecule has 1 saturated carbocycles. The van der Waals surface area contributed by atoms with Gasteiger partial charge in [0.1, 0.15) is 0 Å². The second-order valence-corrected chi connectivity index (χ2v) is 5.19. The van der Waals surface area contributed by atoms with Crippen LogP contribution < -0.4 is 10.1 Å². The zero-order valence-electron chi connectivity index (χ0n) is 9.51. The van der Waals surface area contributed by atoms with E-state index < -0.39 is 0 Å². The van der Waals surface area contributed by atoms with Crippen LogP contribution in [0.1, 0.15) is 18.4 Å². The first-order valence-corrected chi connectivity index (χ1v) is 6.14. The molecular formula is C12H16BrNO2. The highest BCUT2D eigenvalue weighted by Gasteiger charge is 2.40. The molecule has 88 valence electrons. The maximum atomic E-state index is 9.71. The van der Waals surface area contributed by atoms with E-state index in [4.69, 9.17) is 4.74 Å². The summed E-state index contributed by atoms with van der Waals surface area (Å²) in [6.07, 6.45) is 3.40. The quantitative estimate of drug-likeness (QED) is 0.893. The van der Waals surface area contributed by atoms with Crippen molar-refractivity contribution in [1.82, 2.24) is 5.32 Å². The molecular weight excluding hydrogens is 270 g/mol. The number of phenolic OH excluding ortho intramolecular Hbond substituents is 1. The van der Waals surface area contributed by atoms with E-state index in [0.29, 0.717) is 10.2 Å². The lowest BCUT2D eigenvalue weighted by Crippen LogP contribution is -2.29. The number of hydrogen-bond acceptors (Lipinski definition) is 3. The summed E-state index contributed by atoms with van der Waals surface area (Å²) >= 11 is 3.34. The first-order valence-electron chi connectivity index (χ1n) is 5.34. The topological polar surface area (TPSA) is 41.5 Å². The van der Waals surface area contributed by atoms with E-state index >= 15 is 0 Å². The van der Waals surface area contributed by atoms with Crippen LogP contribution in [0.3, 0.4) is 0 Å². The lowest BCUT2D eigenvalue weighted by molar-refractivity contribution is 0.371. The Morgan fingerprint density at radius 2 is 2.19 bits per heavy atom. The summed E-state index contributed by atoms with van der Waals surface area (Å²) in [6, 6.07) is 3.85. The van der Waals surface area contributed by atoms with Crippen LogP contribution in [0.15, 0.2) is 16.6 Å². The molecule has 0 bridgehead atoms. The summed E-state index contributed by atoms with van der Waals surface area (Å²) in [5, 5.41) is 13.1. The van der Waals surface area contributed by atoms with Gasteiger partial charge in [-0.3, -0.25) is 0 Å². The molecule has 0 heterocycles. The van der Waals surface area contributed by atoms with E-state index in [1.807, 2.05) is 19.2 Å². The lowest BCUT2D eigenvalue weighted by atomic mass is 10.0. The van der Waals surface area contributed by atoms with Crippen molar-refractivity contribution >= 4 is 15.9 Å². The average Bonchev–Trinajstić information content (AvgIpc) is 3.04. The van der Waals surface area contributed by atoms with Gasteiger partial charge in [-0.25, -0.2) is 0 Å². The van der Waals surface area contributed by atoms with Gasteiger partial charge < -0.3 is 15.2 Å². The van der Waals surface area contributed by atoms with Crippen molar-refractivity contribution in [2.45, 2.75) is 24.8 Å². The van der Waals surface area contributed by atoms with Crippen LogP contribution in [0.5, 0.6) is 11.5 Å². The Morgan fingerprint density at radius 1 is 1.50 bits per heavy atom.